The number of nitrogens with zero attached hydrogens (tertiary/aromatic N) is 5. The van der Waals surface area contributed by atoms with Gasteiger partial charge in [0.2, 0.25) is 0 Å². The van der Waals surface area contributed by atoms with Gasteiger partial charge >= 0.3 is 0 Å². The van der Waals surface area contributed by atoms with Crippen LogP contribution in [0.25, 0.3) is 10.9 Å². The fourth-order valence-corrected chi connectivity index (χ4v) is 5.67. The molecule has 36 heavy (non-hydrogen) atoms. The van der Waals surface area contributed by atoms with Crippen LogP contribution in [0.2, 0.25) is 0 Å². The van der Waals surface area contributed by atoms with E-state index in [-0.39, 0.29) is 17.5 Å². The van der Waals surface area contributed by atoms with Gasteiger partial charge in [0.05, 0.1) is 17.8 Å². The number of H-pyrrole nitrogens is 1. The average Bonchev–Trinajstić information content (AvgIpc) is 3.55. The molecule has 0 radical (unpaired) electrons. The number of tetrazole rings is 1. The summed E-state index contributed by atoms with van der Waals surface area (Å²) in [6.07, 6.45) is 7.58. The molecule has 3 aromatic heterocycles. The highest BCUT2D eigenvalue weighted by atomic mass is 16.3. The van der Waals surface area contributed by atoms with Gasteiger partial charge in [0.15, 0.2) is 5.82 Å². The molecule has 4 aromatic rings. The van der Waals surface area contributed by atoms with Crippen LogP contribution >= 0.6 is 0 Å². The lowest BCUT2D eigenvalue weighted by Crippen LogP contribution is -2.43. The molecule has 0 spiro atoms. The quantitative estimate of drug-likeness (QED) is 0.362. The number of rotatable bonds is 8. The Labute approximate surface area is 211 Å². The van der Waals surface area contributed by atoms with Crippen molar-refractivity contribution >= 4 is 10.9 Å². The Morgan fingerprint density at radius 1 is 1.17 bits per heavy atom. The Bertz CT molecular complexity index is 1360. The summed E-state index contributed by atoms with van der Waals surface area (Å²) in [5, 5.41) is 13.9. The van der Waals surface area contributed by atoms with Crippen LogP contribution in [0.5, 0.6) is 0 Å². The number of aryl methyl sites for hydroxylation is 2. The van der Waals surface area contributed by atoms with E-state index in [0.29, 0.717) is 19.1 Å². The van der Waals surface area contributed by atoms with Gasteiger partial charge in [-0.1, -0.05) is 45.2 Å². The number of pyridine rings is 1. The molecular formula is C28H36N6O2. The van der Waals surface area contributed by atoms with Crippen LogP contribution in [0.1, 0.15) is 80.3 Å². The van der Waals surface area contributed by atoms with Crippen LogP contribution in [0.3, 0.4) is 0 Å². The monoisotopic (exact) mass is 488 g/mol. The van der Waals surface area contributed by atoms with Crippen molar-refractivity contribution in [1.29, 1.82) is 0 Å². The number of fused-ring (bicyclic) bond motifs is 1. The molecular weight excluding hydrogens is 452 g/mol. The molecule has 1 aromatic carbocycles. The van der Waals surface area contributed by atoms with E-state index in [9.17, 15) is 4.79 Å². The van der Waals surface area contributed by atoms with E-state index in [1.54, 1.807) is 6.26 Å². The Balaban J connectivity index is 1.55. The summed E-state index contributed by atoms with van der Waals surface area (Å²) in [6, 6.07) is 10.4. The van der Waals surface area contributed by atoms with Crippen LogP contribution < -0.4 is 5.56 Å². The molecule has 1 fully saturated rings. The Kier molecular flexibility index (Phi) is 7.05. The van der Waals surface area contributed by atoms with Crippen LogP contribution in [0.4, 0.5) is 0 Å². The second kappa shape index (κ2) is 10.4. The summed E-state index contributed by atoms with van der Waals surface area (Å²) in [4.78, 5) is 19.0. The summed E-state index contributed by atoms with van der Waals surface area (Å²) in [7, 11) is 0. The molecule has 1 aliphatic carbocycles. The molecule has 0 aliphatic heterocycles. The fourth-order valence-electron chi connectivity index (χ4n) is 5.67. The van der Waals surface area contributed by atoms with E-state index >= 15 is 0 Å². The predicted octanol–water partition coefficient (Wildman–Crippen LogP) is 5.30. The summed E-state index contributed by atoms with van der Waals surface area (Å²) in [5.41, 5.74) is 3.99. The maximum Gasteiger partial charge on any atom is 0.252 e. The number of benzene rings is 1. The SMILES string of the molecule is Cc1ccc2cc(CN(C3CCCCC3)[C@@H](c3nnnn3Cc3ccco3)C(C)C)c(=O)[nH]c2c1C. The zero-order chi connectivity index (χ0) is 25.2. The zero-order valence-corrected chi connectivity index (χ0v) is 21.7. The maximum atomic E-state index is 13.3. The number of aromatic nitrogens is 5. The first kappa shape index (κ1) is 24.4. The van der Waals surface area contributed by atoms with Gasteiger partial charge in [-0.2, -0.15) is 0 Å². The van der Waals surface area contributed by atoms with E-state index in [4.69, 9.17) is 4.42 Å². The molecule has 8 heteroatoms. The van der Waals surface area contributed by atoms with Gasteiger partial charge < -0.3 is 9.40 Å². The minimum atomic E-state index is -0.0343. The van der Waals surface area contributed by atoms with Gasteiger partial charge in [-0.05, 0) is 77.7 Å². The van der Waals surface area contributed by atoms with E-state index in [1.807, 2.05) is 16.8 Å². The minimum Gasteiger partial charge on any atom is -0.467 e. The third kappa shape index (κ3) is 4.87. The molecule has 0 saturated heterocycles. The van der Waals surface area contributed by atoms with Gasteiger partial charge in [0.1, 0.15) is 12.3 Å². The summed E-state index contributed by atoms with van der Waals surface area (Å²) in [5.74, 6) is 1.88. The Morgan fingerprint density at radius 3 is 2.69 bits per heavy atom. The lowest BCUT2D eigenvalue weighted by atomic mass is 9.90. The molecule has 1 N–H and O–H groups in total. The standard InChI is InChI=1S/C28H36N6O2/c1-18(2)26(27-30-31-32-34(27)17-24-11-8-14-36-24)33(23-9-6-5-7-10-23)16-22-15-21-13-12-19(3)20(4)25(21)29-28(22)35/h8,11-15,18,23,26H,5-7,9-10,16-17H2,1-4H3,(H,29,35)/t26-/m1/s1. The molecule has 190 valence electrons. The molecule has 0 bridgehead atoms. The van der Waals surface area contributed by atoms with Crippen LogP contribution in [-0.2, 0) is 13.1 Å². The number of aromatic amines is 1. The van der Waals surface area contributed by atoms with Crippen molar-refractivity contribution < 1.29 is 4.42 Å². The Hall–Kier alpha value is -3.26. The van der Waals surface area contributed by atoms with Gasteiger partial charge in [-0.15, -0.1) is 5.10 Å². The minimum absolute atomic E-state index is 0.0188. The highest BCUT2D eigenvalue weighted by molar-refractivity contribution is 5.83. The van der Waals surface area contributed by atoms with Crippen LogP contribution in [0.15, 0.2) is 45.8 Å². The molecule has 1 saturated carbocycles. The number of furan rings is 1. The molecule has 5 rings (SSSR count). The van der Waals surface area contributed by atoms with Crippen molar-refractivity contribution in [2.45, 2.75) is 85.0 Å². The molecule has 3 heterocycles. The first-order valence-corrected chi connectivity index (χ1v) is 13.1. The van der Waals surface area contributed by atoms with Gasteiger partial charge in [0, 0.05) is 18.2 Å². The third-order valence-electron chi connectivity index (χ3n) is 7.72. The van der Waals surface area contributed by atoms with E-state index in [2.05, 4.69) is 71.3 Å². The summed E-state index contributed by atoms with van der Waals surface area (Å²) < 4.78 is 7.42. The first-order valence-electron chi connectivity index (χ1n) is 13.1. The topological polar surface area (TPSA) is 92.8 Å². The van der Waals surface area contributed by atoms with E-state index in [1.165, 1.54) is 24.8 Å². The summed E-state index contributed by atoms with van der Waals surface area (Å²) >= 11 is 0. The van der Waals surface area contributed by atoms with E-state index in [0.717, 1.165) is 46.5 Å². The number of hydrogen-bond donors (Lipinski definition) is 1. The lowest BCUT2D eigenvalue weighted by molar-refractivity contribution is 0.0610. The van der Waals surface area contributed by atoms with Crippen molar-refractivity contribution in [3.8, 4) is 0 Å². The maximum absolute atomic E-state index is 13.3. The highest BCUT2D eigenvalue weighted by Gasteiger charge is 2.35. The van der Waals surface area contributed by atoms with Crippen molar-refractivity contribution in [1.82, 2.24) is 30.1 Å². The van der Waals surface area contributed by atoms with Crippen LogP contribution in [0, 0.1) is 19.8 Å². The van der Waals surface area contributed by atoms with Crippen molar-refractivity contribution in [2.75, 3.05) is 0 Å². The first-order chi connectivity index (χ1) is 17.4. The van der Waals surface area contributed by atoms with Gasteiger partial charge in [0.25, 0.3) is 5.56 Å². The molecule has 1 aliphatic rings. The van der Waals surface area contributed by atoms with Gasteiger partial charge in [-0.3, -0.25) is 9.69 Å². The molecule has 8 nitrogen and oxygen atoms in total. The second-order valence-corrected chi connectivity index (χ2v) is 10.5. The van der Waals surface area contributed by atoms with Crippen molar-refractivity contribution in [2.24, 2.45) is 5.92 Å². The van der Waals surface area contributed by atoms with Crippen molar-refractivity contribution in [3.63, 3.8) is 0 Å². The van der Waals surface area contributed by atoms with Crippen molar-refractivity contribution in [3.05, 3.63) is 75.2 Å². The summed E-state index contributed by atoms with van der Waals surface area (Å²) in [6.45, 7) is 9.60. The Morgan fingerprint density at radius 2 is 1.97 bits per heavy atom. The normalized spacial score (nSPS) is 15.8. The molecule has 1 atom stereocenters. The molecule has 0 unspecified atom stereocenters. The van der Waals surface area contributed by atoms with Gasteiger partial charge in [-0.25, -0.2) is 4.68 Å². The largest absolute Gasteiger partial charge is 0.467 e. The van der Waals surface area contributed by atoms with E-state index < -0.39 is 0 Å². The predicted molar refractivity (Wildman–Crippen MR) is 140 cm³/mol. The highest BCUT2D eigenvalue weighted by Crippen LogP contribution is 2.35. The second-order valence-electron chi connectivity index (χ2n) is 10.5. The smallest absolute Gasteiger partial charge is 0.252 e. The fraction of sp³-hybridized carbons (Fsp3) is 0.500. The molecule has 0 amide bonds. The zero-order valence-electron chi connectivity index (χ0n) is 21.7. The number of hydrogen-bond acceptors (Lipinski definition) is 6. The third-order valence-corrected chi connectivity index (χ3v) is 7.72. The number of nitrogens with one attached hydrogen (secondary N) is 1. The van der Waals surface area contributed by atoms with Crippen LogP contribution in [-0.4, -0.2) is 36.1 Å². The lowest BCUT2D eigenvalue weighted by Gasteiger charge is -2.41. The average molecular weight is 489 g/mol.